The Morgan fingerprint density at radius 3 is 2.50 bits per heavy atom. The SMILES string of the molecule is CC(N)C1(c2ccc(OC3CS(=O)(=O)C3)c(Cl)c2)CC1. The van der Waals surface area contributed by atoms with Gasteiger partial charge in [0.2, 0.25) is 0 Å². The largest absolute Gasteiger partial charge is 0.487 e. The van der Waals surface area contributed by atoms with Crippen LogP contribution in [0.5, 0.6) is 5.75 Å². The van der Waals surface area contributed by atoms with Gasteiger partial charge in [-0.25, -0.2) is 8.42 Å². The van der Waals surface area contributed by atoms with E-state index in [1.165, 1.54) is 0 Å². The average Bonchev–Trinajstić information content (AvgIpc) is 3.10. The van der Waals surface area contributed by atoms with Crippen LogP contribution in [0, 0.1) is 0 Å². The van der Waals surface area contributed by atoms with Gasteiger partial charge in [-0.3, -0.25) is 0 Å². The molecule has 0 aromatic heterocycles. The van der Waals surface area contributed by atoms with Crippen molar-refractivity contribution in [3.63, 3.8) is 0 Å². The molecule has 0 amide bonds. The van der Waals surface area contributed by atoms with E-state index in [-0.39, 0.29) is 29.1 Å². The van der Waals surface area contributed by atoms with Crippen molar-refractivity contribution in [2.45, 2.75) is 37.3 Å². The van der Waals surface area contributed by atoms with Gasteiger partial charge in [-0.15, -0.1) is 0 Å². The number of halogens is 1. The fraction of sp³-hybridized carbons (Fsp3) is 0.571. The van der Waals surface area contributed by atoms with Crippen LogP contribution in [0.15, 0.2) is 18.2 Å². The van der Waals surface area contributed by atoms with Gasteiger partial charge in [0.05, 0.1) is 16.5 Å². The van der Waals surface area contributed by atoms with E-state index in [0.29, 0.717) is 10.8 Å². The molecule has 1 aromatic carbocycles. The van der Waals surface area contributed by atoms with E-state index in [0.717, 1.165) is 18.4 Å². The average molecular weight is 316 g/mol. The second-order valence-corrected chi connectivity index (χ2v) is 8.47. The molecular weight excluding hydrogens is 298 g/mol. The molecule has 1 saturated heterocycles. The number of benzene rings is 1. The monoisotopic (exact) mass is 315 g/mol. The summed E-state index contributed by atoms with van der Waals surface area (Å²) in [4.78, 5) is 0. The number of ether oxygens (including phenoxy) is 1. The minimum Gasteiger partial charge on any atom is -0.487 e. The summed E-state index contributed by atoms with van der Waals surface area (Å²) in [5.74, 6) is 0.708. The van der Waals surface area contributed by atoms with E-state index in [2.05, 4.69) is 0 Å². The Bertz CT molecular complexity index is 626. The molecule has 3 rings (SSSR count). The standard InChI is InChI=1S/C14H18ClNO3S/c1-9(16)14(4-5-14)10-2-3-13(12(15)6-10)19-11-7-20(17,18)8-11/h2-3,6,9,11H,4-5,7-8,16H2,1H3. The first kappa shape index (κ1) is 14.2. The second kappa shape index (κ2) is 4.61. The Labute approximate surface area is 124 Å². The Balaban J connectivity index is 1.75. The summed E-state index contributed by atoms with van der Waals surface area (Å²) < 4.78 is 27.9. The Hall–Kier alpha value is -0.780. The molecule has 110 valence electrons. The fourth-order valence-corrected chi connectivity index (χ4v) is 4.21. The predicted octanol–water partition coefficient (Wildman–Crippen LogP) is 1.89. The first-order valence-electron chi connectivity index (χ1n) is 6.75. The van der Waals surface area contributed by atoms with Crippen LogP contribution in [-0.2, 0) is 15.3 Å². The van der Waals surface area contributed by atoms with Crippen molar-refractivity contribution in [1.82, 2.24) is 0 Å². The number of hydrogen-bond donors (Lipinski definition) is 1. The van der Waals surface area contributed by atoms with Crippen molar-refractivity contribution >= 4 is 21.4 Å². The number of rotatable bonds is 4. The van der Waals surface area contributed by atoms with Crippen molar-refractivity contribution in [3.8, 4) is 5.75 Å². The molecule has 2 N–H and O–H groups in total. The summed E-state index contributed by atoms with van der Waals surface area (Å²) in [6, 6.07) is 5.82. The van der Waals surface area contributed by atoms with Crippen LogP contribution in [0.1, 0.15) is 25.3 Å². The molecule has 1 heterocycles. The highest BCUT2D eigenvalue weighted by Crippen LogP contribution is 2.51. The smallest absolute Gasteiger partial charge is 0.157 e. The third kappa shape index (κ3) is 2.43. The van der Waals surface area contributed by atoms with Crippen molar-refractivity contribution in [2.75, 3.05) is 11.5 Å². The van der Waals surface area contributed by atoms with Gasteiger partial charge >= 0.3 is 0 Å². The fourth-order valence-electron chi connectivity index (χ4n) is 2.81. The van der Waals surface area contributed by atoms with Crippen molar-refractivity contribution in [1.29, 1.82) is 0 Å². The highest BCUT2D eigenvalue weighted by atomic mass is 35.5. The lowest BCUT2D eigenvalue weighted by molar-refractivity contribution is 0.230. The minimum atomic E-state index is -2.88. The molecule has 1 atom stereocenters. The van der Waals surface area contributed by atoms with E-state index in [1.807, 2.05) is 25.1 Å². The summed E-state index contributed by atoms with van der Waals surface area (Å²) in [6.45, 7) is 2.02. The maximum absolute atomic E-state index is 11.1. The van der Waals surface area contributed by atoms with E-state index < -0.39 is 9.84 Å². The molecule has 6 heteroatoms. The van der Waals surface area contributed by atoms with Gasteiger partial charge in [-0.05, 0) is 37.5 Å². The summed E-state index contributed by atoms with van der Waals surface area (Å²) in [5.41, 5.74) is 7.26. The van der Waals surface area contributed by atoms with E-state index in [1.54, 1.807) is 0 Å². The van der Waals surface area contributed by atoms with Crippen LogP contribution in [0.2, 0.25) is 5.02 Å². The number of hydrogen-bond acceptors (Lipinski definition) is 4. The molecule has 2 fully saturated rings. The van der Waals surface area contributed by atoms with Crippen LogP contribution >= 0.6 is 11.6 Å². The van der Waals surface area contributed by atoms with Gasteiger partial charge < -0.3 is 10.5 Å². The van der Waals surface area contributed by atoms with Crippen LogP contribution in [-0.4, -0.2) is 32.1 Å². The molecular formula is C14H18ClNO3S. The topological polar surface area (TPSA) is 69.4 Å². The van der Waals surface area contributed by atoms with Gasteiger partial charge in [-0.2, -0.15) is 0 Å². The predicted molar refractivity (Wildman–Crippen MR) is 79.1 cm³/mol. The van der Waals surface area contributed by atoms with Gasteiger partial charge in [0.15, 0.2) is 9.84 Å². The van der Waals surface area contributed by atoms with Gasteiger partial charge in [0.25, 0.3) is 0 Å². The van der Waals surface area contributed by atoms with Gasteiger partial charge in [0, 0.05) is 11.5 Å². The molecule has 2 aliphatic rings. The minimum absolute atomic E-state index is 0.0575. The molecule has 0 bridgehead atoms. The van der Waals surface area contributed by atoms with Crippen molar-refractivity contribution in [3.05, 3.63) is 28.8 Å². The first-order valence-corrected chi connectivity index (χ1v) is 8.95. The van der Waals surface area contributed by atoms with Crippen LogP contribution in [0.4, 0.5) is 0 Å². The maximum atomic E-state index is 11.1. The van der Waals surface area contributed by atoms with Gasteiger partial charge in [0.1, 0.15) is 11.9 Å². The quantitative estimate of drug-likeness (QED) is 0.921. The molecule has 4 nitrogen and oxygen atoms in total. The van der Waals surface area contributed by atoms with Gasteiger partial charge in [-0.1, -0.05) is 17.7 Å². The Kier molecular flexibility index (Phi) is 3.27. The third-order valence-corrected chi connectivity index (χ3v) is 6.40. The summed E-state index contributed by atoms with van der Waals surface area (Å²) in [6.07, 6.45) is 1.90. The Morgan fingerprint density at radius 2 is 2.05 bits per heavy atom. The third-order valence-electron chi connectivity index (χ3n) is 4.34. The zero-order chi connectivity index (χ0) is 14.5. The van der Waals surface area contributed by atoms with E-state index >= 15 is 0 Å². The van der Waals surface area contributed by atoms with E-state index in [4.69, 9.17) is 22.1 Å². The first-order chi connectivity index (χ1) is 9.32. The molecule has 1 aromatic rings. The zero-order valence-electron chi connectivity index (χ0n) is 11.3. The lowest BCUT2D eigenvalue weighted by Gasteiger charge is -2.27. The lowest BCUT2D eigenvalue weighted by atomic mass is 9.89. The summed E-state index contributed by atoms with van der Waals surface area (Å²) >= 11 is 6.25. The van der Waals surface area contributed by atoms with Crippen LogP contribution in [0.3, 0.4) is 0 Å². The highest BCUT2D eigenvalue weighted by Gasteiger charge is 2.47. The Morgan fingerprint density at radius 1 is 1.40 bits per heavy atom. The van der Waals surface area contributed by atoms with Crippen molar-refractivity contribution in [2.24, 2.45) is 5.73 Å². The number of nitrogens with two attached hydrogens (primary N) is 1. The molecule has 0 spiro atoms. The molecule has 0 radical (unpaired) electrons. The summed E-state index contributed by atoms with van der Waals surface area (Å²) in [7, 11) is -2.88. The molecule has 20 heavy (non-hydrogen) atoms. The maximum Gasteiger partial charge on any atom is 0.157 e. The second-order valence-electron chi connectivity index (χ2n) is 5.91. The molecule has 1 saturated carbocycles. The normalized spacial score (nSPS) is 24.8. The van der Waals surface area contributed by atoms with E-state index in [9.17, 15) is 8.42 Å². The zero-order valence-corrected chi connectivity index (χ0v) is 12.9. The molecule has 1 aliphatic heterocycles. The molecule has 1 aliphatic carbocycles. The molecule has 1 unspecified atom stereocenters. The summed E-state index contributed by atoms with van der Waals surface area (Å²) in [5, 5.41) is 0.527. The van der Waals surface area contributed by atoms with Crippen LogP contribution in [0.25, 0.3) is 0 Å². The van der Waals surface area contributed by atoms with Crippen LogP contribution < -0.4 is 10.5 Å². The lowest BCUT2D eigenvalue weighted by Crippen LogP contribution is -2.45. The van der Waals surface area contributed by atoms with Crippen molar-refractivity contribution < 1.29 is 13.2 Å². The number of sulfone groups is 1. The highest BCUT2D eigenvalue weighted by molar-refractivity contribution is 7.92.